The molecule has 11 heteroatoms. The first-order valence-electron chi connectivity index (χ1n) is 11.9. The van der Waals surface area contributed by atoms with Crippen LogP contribution in [0.1, 0.15) is 43.3 Å². The molecule has 1 atom stereocenters. The molecule has 1 saturated heterocycles. The van der Waals surface area contributed by atoms with E-state index in [1.54, 1.807) is 6.07 Å². The number of hydrogen-bond donors (Lipinski definition) is 1. The van der Waals surface area contributed by atoms with Crippen molar-refractivity contribution in [1.29, 1.82) is 0 Å². The number of fused-ring (bicyclic) bond motifs is 1. The molecule has 6 rings (SSSR count). The predicted molar refractivity (Wildman–Crippen MR) is 134 cm³/mol. The highest BCUT2D eigenvalue weighted by Crippen LogP contribution is 2.37. The van der Waals surface area contributed by atoms with Crippen molar-refractivity contribution < 1.29 is 9.13 Å². The minimum Gasteiger partial charge on any atom is -0.482 e. The molecule has 0 spiro atoms. The standard InChI is InChI=1S/C25H25FN8OS/c1-15-24(31-32-34(15)20-5-7-27-8-6-20)17-9-23(35-16(2)22-4-3-19(26)11-28-22)25-21(12-29-33(25)13-17)18-10-30-36-14-18/h3-4,9-14,16,20,27H,5-8H2,1-2H3/t16-/m1/s1. The van der Waals surface area contributed by atoms with Crippen molar-refractivity contribution in [3.63, 3.8) is 0 Å². The van der Waals surface area contributed by atoms with Crippen molar-refractivity contribution in [3.05, 3.63) is 65.6 Å². The zero-order valence-electron chi connectivity index (χ0n) is 19.9. The molecule has 0 aliphatic carbocycles. The Balaban J connectivity index is 1.44. The zero-order valence-corrected chi connectivity index (χ0v) is 20.7. The summed E-state index contributed by atoms with van der Waals surface area (Å²) in [6, 6.07) is 5.33. The highest BCUT2D eigenvalue weighted by atomic mass is 32.1. The van der Waals surface area contributed by atoms with E-state index < -0.39 is 6.10 Å². The second kappa shape index (κ2) is 9.40. The van der Waals surface area contributed by atoms with E-state index >= 15 is 0 Å². The number of nitrogens with zero attached hydrogens (tertiary/aromatic N) is 7. The lowest BCUT2D eigenvalue weighted by Crippen LogP contribution is -2.30. The third-order valence-electron chi connectivity index (χ3n) is 6.65. The van der Waals surface area contributed by atoms with E-state index in [-0.39, 0.29) is 5.82 Å². The van der Waals surface area contributed by atoms with Crippen LogP contribution in [0.2, 0.25) is 0 Å². The monoisotopic (exact) mass is 504 g/mol. The molecule has 184 valence electrons. The molecule has 0 radical (unpaired) electrons. The second-order valence-electron chi connectivity index (χ2n) is 8.97. The Morgan fingerprint density at radius 1 is 1.17 bits per heavy atom. The van der Waals surface area contributed by atoms with Crippen LogP contribution in [0.3, 0.4) is 0 Å². The third-order valence-corrected chi connectivity index (χ3v) is 7.23. The van der Waals surface area contributed by atoms with Crippen molar-refractivity contribution in [3.8, 4) is 28.1 Å². The van der Waals surface area contributed by atoms with Gasteiger partial charge >= 0.3 is 0 Å². The van der Waals surface area contributed by atoms with E-state index in [0.717, 1.165) is 59.5 Å². The Labute approximate surface area is 211 Å². The van der Waals surface area contributed by atoms with Crippen molar-refractivity contribution >= 4 is 17.0 Å². The highest BCUT2D eigenvalue weighted by molar-refractivity contribution is 7.03. The summed E-state index contributed by atoms with van der Waals surface area (Å²) >= 11 is 1.38. The molecule has 9 nitrogen and oxygen atoms in total. The van der Waals surface area contributed by atoms with Crippen LogP contribution in [0.4, 0.5) is 4.39 Å². The molecule has 1 aliphatic rings. The van der Waals surface area contributed by atoms with E-state index in [1.165, 1.54) is 23.8 Å². The van der Waals surface area contributed by atoms with Crippen LogP contribution >= 0.6 is 11.5 Å². The SMILES string of the molecule is Cc1c(-c2cc(O[C@H](C)c3ccc(F)cn3)c3c(-c4cnsc4)cnn3c2)nnn1C1CCNCC1. The van der Waals surface area contributed by atoms with Crippen LogP contribution in [-0.4, -0.2) is 47.1 Å². The predicted octanol–water partition coefficient (Wildman–Crippen LogP) is 4.62. The molecule has 0 aromatic carbocycles. The number of aromatic nitrogens is 7. The number of piperidine rings is 1. The lowest BCUT2D eigenvalue weighted by molar-refractivity contribution is 0.224. The normalized spacial score (nSPS) is 15.4. The Morgan fingerprint density at radius 2 is 2.03 bits per heavy atom. The summed E-state index contributed by atoms with van der Waals surface area (Å²) in [6.07, 6.45) is 8.42. The van der Waals surface area contributed by atoms with E-state index in [0.29, 0.717) is 17.5 Å². The van der Waals surface area contributed by atoms with Gasteiger partial charge < -0.3 is 10.1 Å². The molecule has 6 heterocycles. The van der Waals surface area contributed by atoms with Gasteiger partial charge in [-0.3, -0.25) is 4.98 Å². The van der Waals surface area contributed by atoms with Crippen LogP contribution < -0.4 is 10.1 Å². The molecule has 5 aromatic heterocycles. The fraction of sp³-hybridized carbons (Fsp3) is 0.320. The molecule has 1 aliphatic heterocycles. The van der Waals surface area contributed by atoms with Crippen LogP contribution in [0.25, 0.3) is 27.9 Å². The summed E-state index contributed by atoms with van der Waals surface area (Å²) in [4.78, 5) is 4.20. The van der Waals surface area contributed by atoms with Crippen LogP contribution in [0.15, 0.2) is 48.4 Å². The molecule has 36 heavy (non-hydrogen) atoms. The van der Waals surface area contributed by atoms with E-state index in [4.69, 9.17) is 4.74 Å². The summed E-state index contributed by atoms with van der Waals surface area (Å²) < 4.78 is 28.0. The highest BCUT2D eigenvalue weighted by Gasteiger charge is 2.23. The minimum atomic E-state index is -0.417. The summed E-state index contributed by atoms with van der Waals surface area (Å²) in [7, 11) is 0. The molecule has 0 saturated carbocycles. The average Bonchev–Trinajstić information content (AvgIpc) is 3.64. The molecule has 1 N–H and O–H groups in total. The van der Waals surface area contributed by atoms with Gasteiger partial charge in [0.2, 0.25) is 0 Å². The van der Waals surface area contributed by atoms with Crippen molar-refractivity contribution in [2.75, 3.05) is 13.1 Å². The lowest BCUT2D eigenvalue weighted by atomic mass is 10.1. The molecule has 0 bridgehead atoms. The van der Waals surface area contributed by atoms with Gasteiger partial charge in [-0.2, -0.15) is 5.10 Å². The van der Waals surface area contributed by atoms with E-state index in [1.807, 2.05) is 46.2 Å². The maximum atomic E-state index is 13.4. The molecular weight excluding hydrogens is 479 g/mol. The zero-order chi connectivity index (χ0) is 24.6. The molecule has 1 fully saturated rings. The van der Waals surface area contributed by atoms with E-state index in [9.17, 15) is 4.39 Å². The largest absolute Gasteiger partial charge is 0.482 e. The van der Waals surface area contributed by atoms with Gasteiger partial charge in [-0.1, -0.05) is 5.21 Å². The van der Waals surface area contributed by atoms with Gasteiger partial charge in [0.05, 0.1) is 29.8 Å². The third kappa shape index (κ3) is 4.14. The van der Waals surface area contributed by atoms with E-state index in [2.05, 4.69) is 37.0 Å². The quantitative estimate of drug-likeness (QED) is 0.360. The summed E-state index contributed by atoms with van der Waals surface area (Å²) in [5.74, 6) is 0.242. The van der Waals surface area contributed by atoms with Gasteiger partial charge in [0.1, 0.15) is 28.9 Å². The first-order valence-corrected chi connectivity index (χ1v) is 12.7. The fourth-order valence-corrected chi connectivity index (χ4v) is 5.27. The van der Waals surface area contributed by atoms with Crippen molar-refractivity contribution in [2.45, 2.75) is 38.8 Å². The summed E-state index contributed by atoms with van der Waals surface area (Å²) in [5, 5.41) is 19.1. The maximum Gasteiger partial charge on any atom is 0.147 e. The number of pyridine rings is 2. The van der Waals surface area contributed by atoms with Gasteiger partial charge in [-0.15, -0.1) is 5.10 Å². The van der Waals surface area contributed by atoms with Gasteiger partial charge in [0.25, 0.3) is 0 Å². The van der Waals surface area contributed by atoms with Gasteiger partial charge in [0, 0.05) is 34.5 Å². The molecular formula is C25H25FN8OS. The Hall–Kier alpha value is -3.70. The number of ether oxygens (including phenoxy) is 1. The number of halogens is 1. The second-order valence-corrected chi connectivity index (χ2v) is 9.63. The Morgan fingerprint density at radius 3 is 2.78 bits per heavy atom. The minimum absolute atomic E-state index is 0.332. The topological polar surface area (TPSA) is 95.1 Å². The van der Waals surface area contributed by atoms with Crippen LogP contribution in [-0.2, 0) is 0 Å². The first kappa shape index (κ1) is 22.7. The molecule has 0 amide bonds. The maximum absolute atomic E-state index is 13.4. The Kier molecular flexibility index (Phi) is 5.94. The smallest absolute Gasteiger partial charge is 0.147 e. The van der Waals surface area contributed by atoms with Crippen molar-refractivity contribution in [1.82, 2.24) is 39.3 Å². The van der Waals surface area contributed by atoms with Gasteiger partial charge in [-0.25, -0.2) is 18.0 Å². The number of hydrogen-bond acceptors (Lipinski definition) is 8. The average molecular weight is 505 g/mol. The van der Waals surface area contributed by atoms with Crippen molar-refractivity contribution in [2.24, 2.45) is 0 Å². The lowest BCUT2D eigenvalue weighted by Gasteiger charge is -2.23. The molecule has 5 aromatic rings. The van der Waals surface area contributed by atoms with Gasteiger partial charge in [-0.05, 0) is 69.5 Å². The summed E-state index contributed by atoms with van der Waals surface area (Å²) in [6.45, 7) is 5.90. The number of nitrogens with one attached hydrogen (secondary N) is 1. The van der Waals surface area contributed by atoms with Crippen LogP contribution in [0, 0.1) is 12.7 Å². The number of rotatable bonds is 6. The fourth-order valence-electron chi connectivity index (χ4n) is 4.74. The summed E-state index contributed by atoms with van der Waals surface area (Å²) in [5.41, 5.74) is 5.99. The first-order chi connectivity index (χ1) is 17.6. The van der Waals surface area contributed by atoms with Crippen LogP contribution in [0.5, 0.6) is 5.75 Å². The van der Waals surface area contributed by atoms with Gasteiger partial charge in [0.15, 0.2) is 0 Å². The Bertz CT molecular complexity index is 1490. The molecule has 0 unspecified atom stereocenters.